The number of hydrogen-bond donors (Lipinski definition) is 0. The van der Waals surface area contributed by atoms with Gasteiger partial charge in [-0.15, -0.1) is 33.2 Å². The van der Waals surface area contributed by atoms with E-state index in [9.17, 15) is 9.59 Å². The van der Waals surface area contributed by atoms with Gasteiger partial charge in [-0.1, -0.05) is 32.3 Å². The Balaban J connectivity index is 2.71. The van der Waals surface area contributed by atoms with Crippen LogP contribution in [0.15, 0.2) is 24.3 Å². The monoisotopic (exact) mass is 480 g/mol. The summed E-state index contributed by atoms with van der Waals surface area (Å²) in [6, 6.07) is 3.14. The van der Waals surface area contributed by atoms with Crippen LogP contribution in [-0.2, 0) is 14.3 Å². The Bertz CT molecular complexity index is 689. The molecule has 162 valence electrons. The highest BCUT2D eigenvalue weighted by molar-refractivity contribution is 7.64. The third-order valence-corrected chi connectivity index (χ3v) is 6.52. The summed E-state index contributed by atoms with van der Waals surface area (Å²) in [5, 5.41) is 0. The summed E-state index contributed by atoms with van der Waals surface area (Å²) in [6.07, 6.45) is 7.25. The minimum atomic E-state index is -2.60. The summed E-state index contributed by atoms with van der Waals surface area (Å²) in [5.74, 6) is -0.00802. The molecule has 0 N–H and O–H groups in total. The first-order chi connectivity index (χ1) is 13.7. The molecule has 0 unspecified atom stereocenters. The van der Waals surface area contributed by atoms with Crippen molar-refractivity contribution < 1.29 is 23.8 Å². The summed E-state index contributed by atoms with van der Waals surface area (Å²) in [5.41, 5.74) is 0.689. The topological polar surface area (TPSA) is 61.8 Å². The van der Waals surface area contributed by atoms with Crippen LogP contribution >= 0.6 is 33.2 Å². The molecule has 0 heterocycles. The molecule has 0 saturated heterocycles. The van der Waals surface area contributed by atoms with E-state index in [1.807, 2.05) is 0 Å². The first-order valence-corrected chi connectivity index (χ1v) is 14.8. The third-order valence-electron chi connectivity index (χ3n) is 3.90. The maximum atomic E-state index is 12.2. The average molecular weight is 482 g/mol. The van der Waals surface area contributed by atoms with Crippen LogP contribution < -0.4 is 9.47 Å². The molecule has 0 aliphatic carbocycles. The van der Waals surface area contributed by atoms with Gasteiger partial charge in [0.05, 0.1) is 13.7 Å². The molecule has 1 aromatic carbocycles. The Morgan fingerprint density at radius 1 is 1.07 bits per heavy atom. The van der Waals surface area contributed by atoms with Crippen molar-refractivity contribution in [1.82, 2.24) is 0 Å². The summed E-state index contributed by atoms with van der Waals surface area (Å²) >= 11 is 17.6. The van der Waals surface area contributed by atoms with Crippen molar-refractivity contribution in [2.24, 2.45) is 0 Å². The molecule has 0 aliphatic rings. The van der Waals surface area contributed by atoms with Crippen molar-refractivity contribution in [2.45, 2.75) is 51.5 Å². The van der Waals surface area contributed by atoms with Crippen LogP contribution in [0.5, 0.6) is 11.5 Å². The van der Waals surface area contributed by atoms with Crippen LogP contribution in [0.3, 0.4) is 0 Å². The van der Waals surface area contributed by atoms with E-state index >= 15 is 0 Å². The zero-order chi connectivity index (χ0) is 21.7. The van der Waals surface area contributed by atoms with E-state index in [0.29, 0.717) is 36.1 Å². The molecule has 0 radical (unpaired) electrons. The average Bonchev–Trinajstić information content (AvgIpc) is 2.66. The minimum absolute atomic E-state index is 0.262. The number of carbonyl (C=O) groups is 2. The number of benzene rings is 1. The lowest BCUT2D eigenvalue weighted by Crippen LogP contribution is -2.10. The molecule has 9 heteroatoms. The maximum absolute atomic E-state index is 12.2. The van der Waals surface area contributed by atoms with E-state index < -0.39 is 12.0 Å². The van der Waals surface area contributed by atoms with Crippen LogP contribution in [0.4, 0.5) is 0 Å². The van der Waals surface area contributed by atoms with Gasteiger partial charge in [0, 0.05) is 12.5 Å². The van der Waals surface area contributed by atoms with Gasteiger partial charge >= 0.3 is 17.9 Å². The second kappa shape index (κ2) is 13.9. The SMILES string of the molecule is CCCCOc1ccc(C=CC(=O)OC)cc1OC(=O)CCCCC[Si](Cl)(Cl)Cl. The van der Waals surface area contributed by atoms with Gasteiger partial charge in [-0.3, -0.25) is 4.79 Å². The van der Waals surface area contributed by atoms with Gasteiger partial charge in [-0.25, -0.2) is 4.79 Å². The first kappa shape index (κ1) is 25.8. The largest absolute Gasteiger partial charge is 0.490 e. The Morgan fingerprint density at radius 2 is 1.83 bits per heavy atom. The molecule has 0 bridgehead atoms. The molecule has 0 fully saturated rings. The predicted molar refractivity (Wildman–Crippen MR) is 120 cm³/mol. The molecule has 0 amide bonds. The first-order valence-electron chi connectivity index (χ1n) is 9.55. The standard InChI is InChI=1S/C20H27Cl3O5Si/c1-3-4-13-27-17-11-9-16(10-12-19(24)26-2)15-18(17)28-20(25)8-6-5-7-14-29(21,22)23/h9-12,15H,3-8,13-14H2,1-2H3. The quantitative estimate of drug-likeness (QED) is 0.0841. The molecular weight excluding hydrogens is 455 g/mol. The number of carbonyl (C=O) groups excluding carboxylic acids is 2. The number of ether oxygens (including phenoxy) is 3. The molecule has 0 spiro atoms. The highest BCUT2D eigenvalue weighted by Gasteiger charge is 2.23. The molecule has 0 saturated carbocycles. The van der Waals surface area contributed by atoms with Crippen LogP contribution in [-0.4, -0.2) is 31.7 Å². The summed E-state index contributed by atoms with van der Waals surface area (Å²) < 4.78 is 15.8. The third kappa shape index (κ3) is 12.2. The second-order valence-electron chi connectivity index (χ2n) is 6.41. The minimum Gasteiger partial charge on any atom is -0.490 e. The van der Waals surface area contributed by atoms with E-state index in [1.54, 1.807) is 24.3 Å². The summed E-state index contributed by atoms with van der Waals surface area (Å²) in [6.45, 7) is 2.59. The number of methoxy groups -OCH3 is 1. The Hall–Kier alpha value is -1.21. The van der Waals surface area contributed by atoms with E-state index in [-0.39, 0.29) is 12.4 Å². The predicted octanol–water partition coefficient (Wildman–Crippen LogP) is 6.17. The number of unbranched alkanes of at least 4 members (excludes halogenated alkanes) is 3. The highest BCUT2D eigenvalue weighted by Crippen LogP contribution is 2.30. The summed E-state index contributed by atoms with van der Waals surface area (Å²) in [4.78, 5) is 23.5. The fourth-order valence-corrected chi connectivity index (χ4v) is 4.18. The van der Waals surface area contributed by atoms with Crippen LogP contribution in [0, 0.1) is 0 Å². The van der Waals surface area contributed by atoms with Gasteiger partial charge < -0.3 is 14.2 Å². The van der Waals surface area contributed by atoms with Crippen LogP contribution in [0.2, 0.25) is 6.04 Å². The Morgan fingerprint density at radius 3 is 2.48 bits per heavy atom. The van der Waals surface area contributed by atoms with Gasteiger partial charge in [0.25, 0.3) is 0 Å². The normalized spacial score (nSPS) is 11.5. The van der Waals surface area contributed by atoms with Gasteiger partial charge in [0.2, 0.25) is 0 Å². The maximum Gasteiger partial charge on any atom is 0.341 e. The van der Waals surface area contributed by atoms with E-state index in [1.165, 1.54) is 13.2 Å². The molecule has 29 heavy (non-hydrogen) atoms. The van der Waals surface area contributed by atoms with Gasteiger partial charge in [0.1, 0.15) is 0 Å². The number of hydrogen-bond acceptors (Lipinski definition) is 5. The lowest BCUT2D eigenvalue weighted by molar-refractivity contribution is -0.135. The molecule has 0 atom stereocenters. The molecule has 1 rings (SSSR count). The van der Waals surface area contributed by atoms with Crippen molar-refractivity contribution in [3.8, 4) is 11.5 Å². The number of halogens is 3. The molecule has 5 nitrogen and oxygen atoms in total. The fraction of sp³-hybridized carbons (Fsp3) is 0.500. The van der Waals surface area contributed by atoms with Crippen molar-refractivity contribution in [3.05, 3.63) is 29.8 Å². The van der Waals surface area contributed by atoms with Crippen molar-refractivity contribution in [2.75, 3.05) is 13.7 Å². The van der Waals surface area contributed by atoms with Crippen molar-refractivity contribution in [3.63, 3.8) is 0 Å². The molecular formula is C20H27Cl3O5Si. The number of rotatable bonds is 13. The van der Waals surface area contributed by atoms with Crippen LogP contribution in [0.1, 0.15) is 51.0 Å². The second-order valence-corrected chi connectivity index (χ2v) is 15.7. The fourth-order valence-electron chi connectivity index (χ4n) is 2.33. The lowest BCUT2D eigenvalue weighted by Gasteiger charge is -2.12. The van der Waals surface area contributed by atoms with E-state index in [4.69, 9.17) is 42.7 Å². The molecule has 0 aromatic heterocycles. The van der Waals surface area contributed by atoms with Crippen LogP contribution in [0.25, 0.3) is 6.08 Å². The molecule has 0 aliphatic heterocycles. The van der Waals surface area contributed by atoms with Gasteiger partial charge in [-0.05, 0) is 42.7 Å². The van der Waals surface area contributed by atoms with Gasteiger partial charge in [-0.2, -0.15) is 0 Å². The zero-order valence-electron chi connectivity index (χ0n) is 16.7. The van der Waals surface area contributed by atoms with E-state index in [2.05, 4.69) is 11.7 Å². The lowest BCUT2D eigenvalue weighted by atomic mass is 10.2. The summed E-state index contributed by atoms with van der Waals surface area (Å²) in [7, 11) is 1.31. The highest BCUT2D eigenvalue weighted by atomic mass is 35.8. The van der Waals surface area contributed by atoms with Gasteiger partial charge in [0.15, 0.2) is 11.5 Å². The Kier molecular flexibility index (Phi) is 12.4. The van der Waals surface area contributed by atoms with E-state index in [0.717, 1.165) is 25.7 Å². The van der Waals surface area contributed by atoms with Crippen molar-refractivity contribution >= 4 is 57.3 Å². The number of esters is 2. The Labute approximate surface area is 187 Å². The smallest absolute Gasteiger partial charge is 0.341 e. The molecule has 1 aromatic rings. The van der Waals surface area contributed by atoms with Crippen molar-refractivity contribution in [1.29, 1.82) is 0 Å². The zero-order valence-corrected chi connectivity index (χ0v) is 20.0.